The van der Waals surface area contributed by atoms with Crippen LogP contribution in [0.1, 0.15) is 12.0 Å². The molecular formula is C10H13N3O. The van der Waals surface area contributed by atoms with Gasteiger partial charge in [-0.15, -0.1) is 0 Å². The monoisotopic (exact) mass is 191 g/mol. The van der Waals surface area contributed by atoms with Crippen molar-refractivity contribution in [3.8, 4) is 0 Å². The number of para-hydroxylation sites is 1. The summed E-state index contributed by atoms with van der Waals surface area (Å²) in [5.74, 6) is 4.96. The molecule has 5 N–H and O–H groups in total. The molecule has 0 aliphatic heterocycles. The van der Waals surface area contributed by atoms with Gasteiger partial charge in [0.1, 0.15) is 0 Å². The zero-order valence-electron chi connectivity index (χ0n) is 7.73. The van der Waals surface area contributed by atoms with Crippen LogP contribution < -0.4 is 17.0 Å². The van der Waals surface area contributed by atoms with Gasteiger partial charge in [-0.3, -0.25) is 10.6 Å². The number of nitrogens with two attached hydrogens (primary N) is 2. The van der Waals surface area contributed by atoms with E-state index in [1.165, 1.54) is 0 Å². The fourth-order valence-corrected chi connectivity index (χ4v) is 1.08. The standard InChI is InChI=1S/C10H13N3O/c11-10(14)7-3-5-8-4-1-2-6-9(8)13-12/h1-6,13H,7,12H2,(H2,11,14). The van der Waals surface area contributed by atoms with Gasteiger partial charge < -0.3 is 11.2 Å². The van der Waals surface area contributed by atoms with Gasteiger partial charge in [-0.2, -0.15) is 0 Å². The van der Waals surface area contributed by atoms with Gasteiger partial charge in [-0.05, 0) is 11.6 Å². The third-order valence-corrected chi connectivity index (χ3v) is 1.73. The minimum absolute atomic E-state index is 0.235. The zero-order valence-corrected chi connectivity index (χ0v) is 7.73. The first kappa shape index (κ1) is 10.3. The average Bonchev–Trinajstić information content (AvgIpc) is 2.18. The van der Waals surface area contributed by atoms with E-state index in [4.69, 9.17) is 11.6 Å². The Labute approximate surface area is 82.6 Å². The second kappa shape index (κ2) is 5.04. The molecule has 0 radical (unpaired) electrons. The van der Waals surface area contributed by atoms with Crippen LogP contribution >= 0.6 is 0 Å². The van der Waals surface area contributed by atoms with Crippen LogP contribution in [0.2, 0.25) is 0 Å². The van der Waals surface area contributed by atoms with E-state index >= 15 is 0 Å². The average molecular weight is 191 g/mol. The summed E-state index contributed by atoms with van der Waals surface area (Å²) in [6, 6.07) is 7.52. The van der Waals surface area contributed by atoms with Gasteiger partial charge in [0.05, 0.1) is 5.69 Å². The van der Waals surface area contributed by atoms with E-state index in [0.717, 1.165) is 11.3 Å². The van der Waals surface area contributed by atoms with Crippen molar-refractivity contribution in [3.63, 3.8) is 0 Å². The normalized spacial score (nSPS) is 10.4. The van der Waals surface area contributed by atoms with Crippen LogP contribution in [-0.4, -0.2) is 5.91 Å². The van der Waals surface area contributed by atoms with E-state index in [9.17, 15) is 4.79 Å². The Morgan fingerprint density at radius 1 is 1.43 bits per heavy atom. The van der Waals surface area contributed by atoms with E-state index < -0.39 is 0 Å². The molecule has 74 valence electrons. The van der Waals surface area contributed by atoms with Crippen LogP contribution in [0.25, 0.3) is 6.08 Å². The van der Waals surface area contributed by atoms with Crippen molar-refractivity contribution in [2.75, 3.05) is 5.43 Å². The molecule has 0 bridgehead atoms. The van der Waals surface area contributed by atoms with Crippen molar-refractivity contribution >= 4 is 17.7 Å². The van der Waals surface area contributed by atoms with Crippen LogP contribution in [0.4, 0.5) is 5.69 Å². The quantitative estimate of drug-likeness (QED) is 0.487. The first-order chi connectivity index (χ1) is 6.74. The van der Waals surface area contributed by atoms with Gasteiger partial charge >= 0.3 is 0 Å². The highest BCUT2D eigenvalue weighted by Crippen LogP contribution is 2.15. The SMILES string of the molecule is NNc1ccccc1C=CCC(N)=O. The number of hydrogen-bond donors (Lipinski definition) is 3. The van der Waals surface area contributed by atoms with E-state index in [1.807, 2.05) is 24.3 Å². The zero-order chi connectivity index (χ0) is 10.4. The van der Waals surface area contributed by atoms with Crippen molar-refractivity contribution in [1.82, 2.24) is 0 Å². The molecule has 1 rings (SSSR count). The Kier molecular flexibility index (Phi) is 3.69. The third-order valence-electron chi connectivity index (χ3n) is 1.73. The lowest BCUT2D eigenvalue weighted by Gasteiger charge is -2.03. The second-order valence-corrected chi connectivity index (χ2v) is 2.80. The Morgan fingerprint density at radius 2 is 2.14 bits per heavy atom. The van der Waals surface area contributed by atoms with Crippen molar-refractivity contribution in [2.45, 2.75) is 6.42 Å². The number of carbonyl (C=O) groups is 1. The topological polar surface area (TPSA) is 81.1 Å². The number of benzene rings is 1. The third kappa shape index (κ3) is 2.91. The number of anilines is 1. The fraction of sp³-hybridized carbons (Fsp3) is 0.100. The Bertz CT molecular complexity index is 347. The highest BCUT2D eigenvalue weighted by molar-refractivity contribution is 5.77. The molecule has 0 aromatic heterocycles. The molecule has 0 saturated carbocycles. The minimum atomic E-state index is -0.348. The predicted octanol–water partition coefficient (Wildman–Crippen LogP) is 0.861. The summed E-state index contributed by atoms with van der Waals surface area (Å²) >= 11 is 0. The number of nitrogen functional groups attached to an aromatic ring is 1. The first-order valence-corrected chi connectivity index (χ1v) is 4.24. The first-order valence-electron chi connectivity index (χ1n) is 4.24. The predicted molar refractivity (Wildman–Crippen MR) is 57.1 cm³/mol. The summed E-state index contributed by atoms with van der Waals surface area (Å²) in [5.41, 5.74) is 9.30. The number of nitrogens with one attached hydrogen (secondary N) is 1. The highest BCUT2D eigenvalue weighted by Gasteiger charge is 1.94. The van der Waals surface area contributed by atoms with Gasteiger partial charge in [-0.25, -0.2) is 0 Å². The minimum Gasteiger partial charge on any atom is -0.369 e. The molecule has 1 aromatic rings. The number of hydrogen-bond acceptors (Lipinski definition) is 3. The van der Waals surface area contributed by atoms with Crippen LogP contribution in [0.5, 0.6) is 0 Å². The molecule has 0 aliphatic carbocycles. The second-order valence-electron chi connectivity index (χ2n) is 2.80. The molecule has 0 unspecified atom stereocenters. The van der Waals surface area contributed by atoms with Gasteiger partial charge in [0.25, 0.3) is 0 Å². The maximum absolute atomic E-state index is 10.5. The summed E-state index contributed by atoms with van der Waals surface area (Å²) in [6.45, 7) is 0. The molecule has 0 atom stereocenters. The number of rotatable bonds is 4. The van der Waals surface area contributed by atoms with Crippen LogP contribution in [0.3, 0.4) is 0 Å². The number of primary amides is 1. The van der Waals surface area contributed by atoms with E-state index in [-0.39, 0.29) is 12.3 Å². The summed E-state index contributed by atoms with van der Waals surface area (Å²) in [4.78, 5) is 10.5. The Morgan fingerprint density at radius 3 is 2.79 bits per heavy atom. The fourth-order valence-electron chi connectivity index (χ4n) is 1.08. The molecule has 0 fully saturated rings. The molecule has 0 aliphatic rings. The number of amides is 1. The van der Waals surface area contributed by atoms with Gasteiger partial charge in [0, 0.05) is 6.42 Å². The molecule has 1 aromatic carbocycles. The van der Waals surface area contributed by atoms with E-state index in [2.05, 4.69) is 5.43 Å². The van der Waals surface area contributed by atoms with Crippen LogP contribution in [0, 0.1) is 0 Å². The van der Waals surface area contributed by atoms with Crippen molar-refractivity contribution in [2.24, 2.45) is 11.6 Å². The molecule has 1 amide bonds. The molecule has 14 heavy (non-hydrogen) atoms. The lowest BCUT2D eigenvalue weighted by molar-refractivity contribution is -0.117. The van der Waals surface area contributed by atoms with Crippen LogP contribution in [-0.2, 0) is 4.79 Å². The van der Waals surface area contributed by atoms with E-state index in [1.54, 1.807) is 12.2 Å². The lowest BCUT2D eigenvalue weighted by Crippen LogP contribution is -2.08. The summed E-state index contributed by atoms with van der Waals surface area (Å²) in [5, 5.41) is 0. The number of hydrazine groups is 1. The molecular weight excluding hydrogens is 178 g/mol. The Balaban J connectivity index is 2.75. The number of carbonyl (C=O) groups excluding carboxylic acids is 1. The largest absolute Gasteiger partial charge is 0.369 e. The molecule has 0 spiro atoms. The summed E-state index contributed by atoms with van der Waals surface area (Å²) in [6.07, 6.45) is 3.75. The van der Waals surface area contributed by atoms with Crippen LogP contribution in [0.15, 0.2) is 30.3 Å². The molecule has 0 saturated heterocycles. The highest BCUT2D eigenvalue weighted by atomic mass is 16.1. The van der Waals surface area contributed by atoms with Gasteiger partial charge in [-0.1, -0.05) is 30.4 Å². The van der Waals surface area contributed by atoms with Crippen molar-refractivity contribution in [1.29, 1.82) is 0 Å². The molecule has 4 heteroatoms. The maximum Gasteiger partial charge on any atom is 0.221 e. The smallest absolute Gasteiger partial charge is 0.221 e. The Hall–Kier alpha value is -1.81. The van der Waals surface area contributed by atoms with Crippen molar-refractivity contribution in [3.05, 3.63) is 35.9 Å². The van der Waals surface area contributed by atoms with Gasteiger partial charge in [0.2, 0.25) is 5.91 Å². The molecule has 0 heterocycles. The van der Waals surface area contributed by atoms with E-state index in [0.29, 0.717) is 0 Å². The summed E-state index contributed by atoms with van der Waals surface area (Å²) < 4.78 is 0. The maximum atomic E-state index is 10.5. The van der Waals surface area contributed by atoms with Crippen molar-refractivity contribution < 1.29 is 4.79 Å². The van der Waals surface area contributed by atoms with Gasteiger partial charge in [0.15, 0.2) is 0 Å². The summed E-state index contributed by atoms with van der Waals surface area (Å²) in [7, 11) is 0. The molecule has 4 nitrogen and oxygen atoms in total. The lowest BCUT2D eigenvalue weighted by atomic mass is 10.1.